The highest BCUT2D eigenvalue weighted by Gasteiger charge is 2.05. The standard InChI is InChI=1S/C16H12F3NO/c17-13-6-11(2-1-5-20)7-14(9-13)21-10-12-3-4-15(18)16(19)8-12/h3-4,6-9H,5,10,20H2. The molecule has 0 aliphatic rings. The molecule has 0 saturated carbocycles. The van der Waals surface area contributed by atoms with Gasteiger partial charge in [0, 0.05) is 11.6 Å². The van der Waals surface area contributed by atoms with E-state index in [2.05, 4.69) is 11.8 Å². The topological polar surface area (TPSA) is 35.2 Å². The molecule has 2 aromatic rings. The van der Waals surface area contributed by atoms with Crippen LogP contribution in [0.15, 0.2) is 36.4 Å². The molecule has 0 aliphatic heterocycles. The minimum absolute atomic E-state index is 0.00951. The molecule has 2 N–H and O–H groups in total. The Balaban J connectivity index is 2.12. The molecular weight excluding hydrogens is 279 g/mol. The van der Waals surface area contributed by atoms with Crippen molar-refractivity contribution in [1.82, 2.24) is 0 Å². The molecule has 108 valence electrons. The van der Waals surface area contributed by atoms with Gasteiger partial charge in [0.05, 0.1) is 6.54 Å². The van der Waals surface area contributed by atoms with Crippen LogP contribution in [0.3, 0.4) is 0 Å². The summed E-state index contributed by atoms with van der Waals surface area (Å²) in [5.74, 6) is 3.18. The van der Waals surface area contributed by atoms with E-state index in [9.17, 15) is 13.2 Å². The molecule has 0 unspecified atom stereocenters. The van der Waals surface area contributed by atoms with Gasteiger partial charge >= 0.3 is 0 Å². The summed E-state index contributed by atoms with van der Waals surface area (Å²) in [5, 5.41) is 0. The SMILES string of the molecule is NCC#Cc1cc(F)cc(OCc2ccc(F)c(F)c2)c1. The van der Waals surface area contributed by atoms with Gasteiger partial charge in [0.15, 0.2) is 11.6 Å². The van der Waals surface area contributed by atoms with Crippen LogP contribution in [0, 0.1) is 29.3 Å². The van der Waals surface area contributed by atoms with E-state index in [1.807, 2.05) is 0 Å². The van der Waals surface area contributed by atoms with E-state index in [0.29, 0.717) is 11.1 Å². The van der Waals surface area contributed by atoms with Gasteiger partial charge in [-0.1, -0.05) is 17.9 Å². The molecule has 0 atom stereocenters. The molecule has 0 aromatic heterocycles. The fourth-order valence-corrected chi connectivity index (χ4v) is 1.67. The summed E-state index contributed by atoms with van der Waals surface area (Å²) in [7, 11) is 0. The first kappa shape index (κ1) is 14.9. The number of halogens is 3. The van der Waals surface area contributed by atoms with Crippen LogP contribution in [0.4, 0.5) is 13.2 Å². The number of hydrogen-bond donors (Lipinski definition) is 1. The minimum Gasteiger partial charge on any atom is -0.489 e. The smallest absolute Gasteiger partial charge is 0.159 e. The van der Waals surface area contributed by atoms with Crippen molar-refractivity contribution in [3.8, 4) is 17.6 Å². The lowest BCUT2D eigenvalue weighted by atomic mass is 10.2. The Morgan fingerprint density at radius 3 is 2.52 bits per heavy atom. The highest BCUT2D eigenvalue weighted by molar-refractivity contribution is 5.40. The largest absolute Gasteiger partial charge is 0.489 e. The molecule has 0 heterocycles. The third kappa shape index (κ3) is 4.26. The van der Waals surface area contributed by atoms with E-state index < -0.39 is 17.5 Å². The lowest BCUT2D eigenvalue weighted by Gasteiger charge is -2.07. The maximum absolute atomic E-state index is 13.4. The van der Waals surface area contributed by atoms with Crippen LogP contribution in [0.1, 0.15) is 11.1 Å². The van der Waals surface area contributed by atoms with Gasteiger partial charge in [0.1, 0.15) is 18.2 Å². The van der Waals surface area contributed by atoms with Crippen LogP contribution in [0.2, 0.25) is 0 Å². The Hall–Kier alpha value is -2.45. The second-order valence-electron chi connectivity index (χ2n) is 4.22. The minimum atomic E-state index is -0.954. The Kier molecular flexibility index (Phi) is 4.85. The molecule has 2 rings (SSSR count). The number of nitrogens with two attached hydrogens (primary N) is 1. The third-order valence-corrected chi connectivity index (χ3v) is 2.60. The molecule has 2 aromatic carbocycles. The molecule has 0 amide bonds. The monoisotopic (exact) mass is 291 g/mol. The predicted molar refractivity (Wildman–Crippen MR) is 73.0 cm³/mol. The average molecular weight is 291 g/mol. The normalized spacial score (nSPS) is 9.90. The summed E-state index contributed by atoms with van der Waals surface area (Å²) in [6.07, 6.45) is 0. The zero-order valence-corrected chi connectivity index (χ0v) is 11.0. The maximum Gasteiger partial charge on any atom is 0.159 e. The first-order valence-corrected chi connectivity index (χ1v) is 6.15. The zero-order valence-electron chi connectivity index (χ0n) is 11.0. The molecule has 0 fully saturated rings. The van der Waals surface area contributed by atoms with E-state index in [-0.39, 0.29) is 18.9 Å². The number of ether oxygens (including phenoxy) is 1. The van der Waals surface area contributed by atoms with Crippen molar-refractivity contribution in [3.63, 3.8) is 0 Å². The van der Waals surface area contributed by atoms with Crippen molar-refractivity contribution in [2.45, 2.75) is 6.61 Å². The van der Waals surface area contributed by atoms with Crippen molar-refractivity contribution in [3.05, 3.63) is 65.0 Å². The lowest BCUT2D eigenvalue weighted by Crippen LogP contribution is -1.98. The number of rotatable bonds is 3. The van der Waals surface area contributed by atoms with E-state index in [0.717, 1.165) is 12.1 Å². The second kappa shape index (κ2) is 6.82. The van der Waals surface area contributed by atoms with E-state index in [1.165, 1.54) is 18.2 Å². The van der Waals surface area contributed by atoms with Crippen LogP contribution >= 0.6 is 0 Å². The van der Waals surface area contributed by atoms with Crippen LogP contribution in [-0.4, -0.2) is 6.54 Å². The van der Waals surface area contributed by atoms with Crippen LogP contribution in [-0.2, 0) is 6.61 Å². The molecule has 0 bridgehead atoms. The van der Waals surface area contributed by atoms with Crippen molar-refractivity contribution >= 4 is 0 Å². The summed E-state index contributed by atoms with van der Waals surface area (Å²) in [6, 6.07) is 7.43. The molecule has 5 heteroatoms. The van der Waals surface area contributed by atoms with Crippen molar-refractivity contribution < 1.29 is 17.9 Å². The average Bonchev–Trinajstić information content (AvgIpc) is 2.46. The number of hydrogen-bond acceptors (Lipinski definition) is 2. The van der Waals surface area contributed by atoms with Gasteiger partial charge in [-0.15, -0.1) is 0 Å². The van der Waals surface area contributed by atoms with Gasteiger partial charge in [-0.3, -0.25) is 0 Å². The molecule has 0 spiro atoms. The second-order valence-corrected chi connectivity index (χ2v) is 4.22. The Labute approximate surface area is 120 Å². The fourth-order valence-electron chi connectivity index (χ4n) is 1.67. The van der Waals surface area contributed by atoms with E-state index in [1.54, 1.807) is 6.07 Å². The van der Waals surface area contributed by atoms with Gasteiger partial charge in [-0.25, -0.2) is 13.2 Å². The van der Waals surface area contributed by atoms with Gasteiger partial charge in [-0.2, -0.15) is 0 Å². The van der Waals surface area contributed by atoms with E-state index in [4.69, 9.17) is 10.5 Å². The molecule has 0 saturated heterocycles. The lowest BCUT2D eigenvalue weighted by molar-refractivity contribution is 0.303. The summed E-state index contributed by atoms with van der Waals surface area (Å²) < 4.78 is 44.6. The fraction of sp³-hybridized carbons (Fsp3) is 0.125. The van der Waals surface area contributed by atoms with Gasteiger partial charge in [0.2, 0.25) is 0 Å². The van der Waals surface area contributed by atoms with Crippen molar-refractivity contribution in [2.24, 2.45) is 5.73 Å². The van der Waals surface area contributed by atoms with Gasteiger partial charge < -0.3 is 10.5 Å². The molecular formula is C16H12F3NO. The summed E-state index contributed by atoms with van der Waals surface area (Å²) >= 11 is 0. The highest BCUT2D eigenvalue weighted by atomic mass is 19.2. The molecule has 0 radical (unpaired) electrons. The summed E-state index contributed by atoms with van der Waals surface area (Å²) in [5.41, 5.74) is 6.12. The van der Waals surface area contributed by atoms with Crippen molar-refractivity contribution in [2.75, 3.05) is 6.54 Å². The van der Waals surface area contributed by atoms with E-state index >= 15 is 0 Å². The quantitative estimate of drug-likeness (QED) is 0.882. The predicted octanol–water partition coefficient (Wildman–Crippen LogP) is 2.99. The number of benzene rings is 2. The Bertz CT molecular complexity index is 704. The Morgan fingerprint density at radius 1 is 1.00 bits per heavy atom. The highest BCUT2D eigenvalue weighted by Crippen LogP contribution is 2.18. The zero-order chi connectivity index (χ0) is 15.2. The van der Waals surface area contributed by atoms with Crippen LogP contribution in [0.25, 0.3) is 0 Å². The van der Waals surface area contributed by atoms with Crippen molar-refractivity contribution in [1.29, 1.82) is 0 Å². The third-order valence-electron chi connectivity index (χ3n) is 2.60. The molecule has 0 aliphatic carbocycles. The summed E-state index contributed by atoms with van der Waals surface area (Å²) in [6.45, 7) is 0.159. The molecule has 2 nitrogen and oxygen atoms in total. The van der Waals surface area contributed by atoms with Crippen LogP contribution in [0.5, 0.6) is 5.75 Å². The molecule has 21 heavy (non-hydrogen) atoms. The summed E-state index contributed by atoms with van der Waals surface area (Å²) in [4.78, 5) is 0. The maximum atomic E-state index is 13.4. The van der Waals surface area contributed by atoms with Crippen LogP contribution < -0.4 is 10.5 Å². The first-order chi connectivity index (χ1) is 10.1. The van der Waals surface area contributed by atoms with Gasteiger partial charge in [0.25, 0.3) is 0 Å². The Morgan fingerprint density at radius 2 is 1.81 bits per heavy atom. The first-order valence-electron chi connectivity index (χ1n) is 6.15. The van der Waals surface area contributed by atoms with Gasteiger partial charge in [-0.05, 0) is 29.8 Å².